The molecule has 1 atom stereocenters. The highest BCUT2D eigenvalue weighted by atomic mass is 16.1. The van der Waals surface area contributed by atoms with Gasteiger partial charge in [-0.1, -0.05) is 13.0 Å². The molecule has 0 bridgehead atoms. The van der Waals surface area contributed by atoms with Crippen molar-refractivity contribution >= 4 is 11.6 Å². The lowest BCUT2D eigenvalue weighted by molar-refractivity contribution is -0.121. The number of benzene rings is 1. The van der Waals surface area contributed by atoms with E-state index in [0.29, 0.717) is 6.42 Å². The first-order chi connectivity index (χ1) is 8.20. The van der Waals surface area contributed by atoms with Crippen LogP contribution in [-0.2, 0) is 11.2 Å². The van der Waals surface area contributed by atoms with Crippen LogP contribution in [0.5, 0.6) is 0 Å². The zero-order valence-electron chi connectivity index (χ0n) is 10.3. The van der Waals surface area contributed by atoms with Gasteiger partial charge in [-0.15, -0.1) is 0 Å². The van der Waals surface area contributed by atoms with Crippen LogP contribution in [0.2, 0.25) is 0 Å². The highest BCUT2D eigenvalue weighted by Crippen LogP contribution is 2.30. The second kappa shape index (κ2) is 5.21. The Hall–Kier alpha value is -1.51. The molecule has 0 heterocycles. The molecule has 17 heavy (non-hydrogen) atoms. The number of hydrogen-bond donors (Lipinski definition) is 2. The van der Waals surface area contributed by atoms with Crippen molar-refractivity contribution in [3.8, 4) is 0 Å². The van der Waals surface area contributed by atoms with E-state index in [1.807, 2.05) is 19.1 Å². The van der Waals surface area contributed by atoms with Crippen LogP contribution < -0.4 is 11.1 Å². The Labute approximate surface area is 102 Å². The number of rotatable bonds is 3. The Morgan fingerprint density at radius 3 is 3.12 bits per heavy atom. The van der Waals surface area contributed by atoms with E-state index in [0.717, 1.165) is 31.4 Å². The molecule has 3 heteroatoms. The van der Waals surface area contributed by atoms with E-state index >= 15 is 0 Å². The van der Waals surface area contributed by atoms with Crippen molar-refractivity contribution in [2.24, 2.45) is 0 Å². The fourth-order valence-corrected chi connectivity index (χ4v) is 2.48. The molecule has 0 saturated heterocycles. The molecule has 0 fully saturated rings. The van der Waals surface area contributed by atoms with Gasteiger partial charge in [0.2, 0.25) is 5.91 Å². The minimum Gasteiger partial charge on any atom is -0.399 e. The number of aryl methyl sites for hydroxylation is 1. The molecule has 92 valence electrons. The van der Waals surface area contributed by atoms with Gasteiger partial charge in [0.15, 0.2) is 0 Å². The monoisotopic (exact) mass is 232 g/mol. The van der Waals surface area contributed by atoms with Gasteiger partial charge < -0.3 is 11.1 Å². The van der Waals surface area contributed by atoms with Crippen LogP contribution in [0.3, 0.4) is 0 Å². The van der Waals surface area contributed by atoms with E-state index in [9.17, 15) is 4.79 Å². The predicted octanol–water partition coefficient (Wildman–Crippen LogP) is 2.56. The standard InChI is InChI=1S/C14H20N2O/c1-2-4-14(17)16-13-6-3-5-10-9-11(15)7-8-12(10)13/h7-9,13H,2-6,15H2,1H3,(H,16,17). The summed E-state index contributed by atoms with van der Waals surface area (Å²) in [5.41, 5.74) is 9.13. The van der Waals surface area contributed by atoms with E-state index in [4.69, 9.17) is 5.73 Å². The average molecular weight is 232 g/mol. The fraction of sp³-hybridized carbons (Fsp3) is 0.500. The van der Waals surface area contributed by atoms with Gasteiger partial charge in [0.05, 0.1) is 6.04 Å². The van der Waals surface area contributed by atoms with Crippen molar-refractivity contribution in [2.75, 3.05) is 5.73 Å². The Morgan fingerprint density at radius 1 is 1.53 bits per heavy atom. The summed E-state index contributed by atoms with van der Waals surface area (Å²) < 4.78 is 0. The summed E-state index contributed by atoms with van der Waals surface area (Å²) in [4.78, 5) is 11.7. The van der Waals surface area contributed by atoms with Crippen molar-refractivity contribution in [2.45, 2.75) is 45.1 Å². The molecular weight excluding hydrogens is 212 g/mol. The lowest BCUT2D eigenvalue weighted by Gasteiger charge is -2.26. The van der Waals surface area contributed by atoms with Crippen LogP contribution in [0.4, 0.5) is 5.69 Å². The minimum absolute atomic E-state index is 0.155. The summed E-state index contributed by atoms with van der Waals surface area (Å²) in [6.45, 7) is 2.02. The Morgan fingerprint density at radius 2 is 2.35 bits per heavy atom. The third-order valence-electron chi connectivity index (χ3n) is 3.29. The summed E-state index contributed by atoms with van der Waals surface area (Å²) in [6, 6.07) is 6.19. The van der Waals surface area contributed by atoms with Crippen molar-refractivity contribution < 1.29 is 4.79 Å². The minimum atomic E-state index is 0.155. The SMILES string of the molecule is CCCC(=O)NC1CCCc2cc(N)ccc21. The van der Waals surface area contributed by atoms with E-state index < -0.39 is 0 Å². The van der Waals surface area contributed by atoms with E-state index in [2.05, 4.69) is 11.4 Å². The van der Waals surface area contributed by atoms with Crippen molar-refractivity contribution in [1.29, 1.82) is 0 Å². The Balaban J connectivity index is 2.14. The zero-order valence-corrected chi connectivity index (χ0v) is 10.3. The second-order valence-corrected chi connectivity index (χ2v) is 4.72. The van der Waals surface area contributed by atoms with Crippen LogP contribution >= 0.6 is 0 Å². The molecule has 0 saturated carbocycles. The zero-order chi connectivity index (χ0) is 12.3. The maximum Gasteiger partial charge on any atom is 0.220 e. The van der Waals surface area contributed by atoms with E-state index in [-0.39, 0.29) is 11.9 Å². The molecule has 0 radical (unpaired) electrons. The molecule has 1 aromatic rings. The van der Waals surface area contributed by atoms with Gasteiger partial charge in [0.25, 0.3) is 0 Å². The number of amides is 1. The molecule has 0 aliphatic heterocycles. The average Bonchev–Trinajstić information content (AvgIpc) is 2.29. The molecule has 1 aromatic carbocycles. The summed E-state index contributed by atoms with van der Waals surface area (Å²) in [6.07, 6.45) is 4.73. The molecular formula is C14H20N2O. The Bertz CT molecular complexity index is 415. The number of carbonyl (C=O) groups is 1. The lowest BCUT2D eigenvalue weighted by Crippen LogP contribution is -2.30. The van der Waals surface area contributed by atoms with E-state index in [1.165, 1.54) is 11.1 Å². The molecule has 3 N–H and O–H groups in total. The number of nitrogens with one attached hydrogen (secondary N) is 1. The number of carbonyl (C=O) groups excluding carboxylic acids is 1. The molecule has 0 aromatic heterocycles. The largest absolute Gasteiger partial charge is 0.399 e. The van der Waals surface area contributed by atoms with Gasteiger partial charge in [0, 0.05) is 12.1 Å². The van der Waals surface area contributed by atoms with E-state index in [1.54, 1.807) is 0 Å². The van der Waals surface area contributed by atoms with Crippen molar-refractivity contribution in [3.05, 3.63) is 29.3 Å². The third kappa shape index (κ3) is 2.78. The maximum atomic E-state index is 11.7. The topological polar surface area (TPSA) is 55.1 Å². The first-order valence-corrected chi connectivity index (χ1v) is 6.38. The van der Waals surface area contributed by atoms with Crippen LogP contribution in [-0.4, -0.2) is 5.91 Å². The molecule has 3 nitrogen and oxygen atoms in total. The van der Waals surface area contributed by atoms with Crippen LogP contribution in [0, 0.1) is 0 Å². The molecule has 1 amide bonds. The highest BCUT2D eigenvalue weighted by molar-refractivity contribution is 5.76. The normalized spacial score (nSPS) is 18.5. The molecule has 1 unspecified atom stereocenters. The Kier molecular flexibility index (Phi) is 3.67. The predicted molar refractivity (Wildman–Crippen MR) is 69.6 cm³/mol. The smallest absolute Gasteiger partial charge is 0.220 e. The molecule has 2 rings (SSSR count). The van der Waals surface area contributed by atoms with Gasteiger partial charge in [-0.05, 0) is 48.9 Å². The molecule has 0 spiro atoms. The van der Waals surface area contributed by atoms with Crippen LogP contribution in [0.25, 0.3) is 0 Å². The van der Waals surface area contributed by atoms with Gasteiger partial charge in [0.1, 0.15) is 0 Å². The number of anilines is 1. The van der Waals surface area contributed by atoms with Gasteiger partial charge in [-0.2, -0.15) is 0 Å². The first kappa shape index (κ1) is 12.0. The summed E-state index contributed by atoms with van der Waals surface area (Å²) in [5, 5.41) is 3.12. The second-order valence-electron chi connectivity index (χ2n) is 4.72. The third-order valence-corrected chi connectivity index (χ3v) is 3.29. The lowest BCUT2D eigenvalue weighted by atomic mass is 9.87. The van der Waals surface area contributed by atoms with Crippen LogP contribution in [0.15, 0.2) is 18.2 Å². The van der Waals surface area contributed by atoms with Gasteiger partial charge >= 0.3 is 0 Å². The summed E-state index contributed by atoms with van der Waals surface area (Å²) >= 11 is 0. The number of fused-ring (bicyclic) bond motifs is 1. The quantitative estimate of drug-likeness (QED) is 0.787. The number of nitrogens with two attached hydrogens (primary N) is 1. The van der Waals surface area contributed by atoms with Gasteiger partial charge in [-0.3, -0.25) is 4.79 Å². The fourth-order valence-electron chi connectivity index (χ4n) is 2.48. The maximum absolute atomic E-state index is 11.7. The number of nitrogen functional groups attached to an aromatic ring is 1. The summed E-state index contributed by atoms with van der Waals surface area (Å²) in [5.74, 6) is 0.155. The first-order valence-electron chi connectivity index (χ1n) is 6.38. The molecule has 1 aliphatic rings. The highest BCUT2D eigenvalue weighted by Gasteiger charge is 2.21. The van der Waals surface area contributed by atoms with Crippen molar-refractivity contribution in [1.82, 2.24) is 5.32 Å². The van der Waals surface area contributed by atoms with Crippen molar-refractivity contribution in [3.63, 3.8) is 0 Å². The van der Waals surface area contributed by atoms with Crippen LogP contribution in [0.1, 0.15) is 49.8 Å². The summed E-state index contributed by atoms with van der Waals surface area (Å²) in [7, 11) is 0. The van der Waals surface area contributed by atoms with Gasteiger partial charge in [-0.25, -0.2) is 0 Å². The number of hydrogen-bond acceptors (Lipinski definition) is 2. The molecule has 1 aliphatic carbocycles.